The van der Waals surface area contributed by atoms with Gasteiger partial charge in [-0.25, -0.2) is 0 Å². The summed E-state index contributed by atoms with van der Waals surface area (Å²) in [6.45, 7) is 2.15. The summed E-state index contributed by atoms with van der Waals surface area (Å²) in [7, 11) is 0. The van der Waals surface area contributed by atoms with E-state index in [2.05, 4.69) is 323 Å². The molecule has 0 saturated heterocycles. The van der Waals surface area contributed by atoms with E-state index >= 15 is 0 Å². The van der Waals surface area contributed by atoms with Crippen LogP contribution in [0.2, 0.25) is 0 Å². The van der Waals surface area contributed by atoms with Crippen molar-refractivity contribution in [1.29, 1.82) is 0 Å². The van der Waals surface area contributed by atoms with Crippen molar-refractivity contribution in [3.8, 4) is 44.8 Å². The van der Waals surface area contributed by atoms with Gasteiger partial charge in [-0.05, 0) is 180 Å². The van der Waals surface area contributed by atoms with Crippen LogP contribution in [0.3, 0.4) is 0 Å². The smallest absolute Gasteiger partial charge is 0.0541 e. The van der Waals surface area contributed by atoms with Gasteiger partial charge in [0.1, 0.15) is 0 Å². The molecular formula is C73H52N4. The van der Waals surface area contributed by atoms with Crippen molar-refractivity contribution in [3.63, 3.8) is 0 Å². The molecule has 4 heteroatoms. The molecule has 0 amide bonds. The first-order valence-electron chi connectivity index (χ1n) is 26.4. The topological polar surface area (TPSA) is 16.3 Å². The average Bonchev–Trinajstić information content (AvgIpc) is 4.03. The van der Waals surface area contributed by atoms with Crippen molar-refractivity contribution in [2.24, 2.45) is 0 Å². The lowest BCUT2D eigenvalue weighted by atomic mass is 9.93. The van der Waals surface area contributed by atoms with Crippen LogP contribution in [0.5, 0.6) is 0 Å². The van der Waals surface area contributed by atoms with Crippen LogP contribution in [-0.4, -0.2) is 9.13 Å². The van der Waals surface area contributed by atoms with Crippen molar-refractivity contribution in [2.45, 2.75) is 6.92 Å². The minimum Gasteiger partial charge on any atom is -0.311 e. The van der Waals surface area contributed by atoms with Crippen molar-refractivity contribution < 1.29 is 0 Å². The second-order valence-electron chi connectivity index (χ2n) is 19.9. The highest BCUT2D eigenvalue weighted by Crippen LogP contribution is 2.42. The average molecular weight is 985 g/mol. The number of aromatic nitrogens is 2. The molecule has 0 saturated carbocycles. The fourth-order valence-corrected chi connectivity index (χ4v) is 11.4. The van der Waals surface area contributed by atoms with Crippen LogP contribution < -0.4 is 9.80 Å². The summed E-state index contributed by atoms with van der Waals surface area (Å²) >= 11 is 0. The van der Waals surface area contributed by atoms with Gasteiger partial charge in [0.05, 0.1) is 22.1 Å². The Bertz CT molecular complexity index is 4030. The molecule has 0 aliphatic carbocycles. The first kappa shape index (κ1) is 45.5. The van der Waals surface area contributed by atoms with Crippen LogP contribution in [0, 0.1) is 6.92 Å². The molecule has 0 atom stereocenters. The first-order valence-corrected chi connectivity index (χ1v) is 26.4. The van der Waals surface area contributed by atoms with Gasteiger partial charge in [-0.1, -0.05) is 163 Å². The fraction of sp³-hybridized carbons (Fsp3) is 0.0137. The number of benzene rings is 12. The Kier molecular flexibility index (Phi) is 11.4. The number of anilines is 6. The molecule has 12 aromatic carbocycles. The Hall–Kier alpha value is -10.2. The zero-order valence-electron chi connectivity index (χ0n) is 42.6. The highest BCUT2D eigenvalue weighted by molar-refractivity contribution is 6.10. The highest BCUT2D eigenvalue weighted by atomic mass is 15.1. The molecule has 2 heterocycles. The van der Waals surface area contributed by atoms with Gasteiger partial charge in [-0.3, -0.25) is 0 Å². The summed E-state index contributed by atoms with van der Waals surface area (Å²) in [4.78, 5) is 4.68. The van der Waals surface area contributed by atoms with Gasteiger partial charge < -0.3 is 18.9 Å². The summed E-state index contributed by atoms with van der Waals surface area (Å²) < 4.78 is 4.74. The van der Waals surface area contributed by atoms with E-state index in [1.54, 1.807) is 0 Å². The first-order chi connectivity index (χ1) is 38.1. The van der Waals surface area contributed by atoms with Crippen molar-refractivity contribution >= 4 is 77.7 Å². The minimum atomic E-state index is 1.08. The number of para-hydroxylation sites is 6. The summed E-state index contributed by atoms with van der Waals surface area (Å²) in [5.41, 5.74) is 21.8. The van der Waals surface area contributed by atoms with E-state index in [0.29, 0.717) is 0 Å². The monoisotopic (exact) mass is 984 g/mol. The Morgan fingerprint density at radius 2 is 0.468 bits per heavy atom. The maximum absolute atomic E-state index is 2.37. The Balaban J connectivity index is 0.804. The van der Waals surface area contributed by atoms with Crippen LogP contribution in [0.25, 0.3) is 88.4 Å². The van der Waals surface area contributed by atoms with E-state index in [-0.39, 0.29) is 0 Å². The van der Waals surface area contributed by atoms with Gasteiger partial charge in [-0.2, -0.15) is 0 Å². The number of nitrogens with zero attached hydrogens (tertiary/aromatic N) is 4. The minimum absolute atomic E-state index is 1.08. The predicted molar refractivity (Wildman–Crippen MR) is 326 cm³/mol. The molecule has 0 fully saturated rings. The van der Waals surface area contributed by atoms with Gasteiger partial charge in [-0.15, -0.1) is 0 Å². The van der Waals surface area contributed by atoms with Crippen LogP contribution in [-0.2, 0) is 0 Å². The third-order valence-electron chi connectivity index (χ3n) is 15.2. The van der Waals surface area contributed by atoms with E-state index in [1.807, 2.05) is 0 Å². The van der Waals surface area contributed by atoms with E-state index < -0.39 is 0 Å². The zero-order chi connectivity index (χ0) is 51.2. The maximum atomic E-state index is 2.37. The number of rotatable bonds is 11. The van der Waals surface area contributed by atoms with Gasteiger partial charge in [0.2, 0.25) is 0 Å². The van der Waals surface area contributed by atoms with E-state index in [4.69, 9.17) is 0 Å². The fourth-order valence-electron chi connectivity index (χ4n) is 11.4. The number of fused-ring (bicyclic) bond motifs is 6. The van der Waals surface area contributed by atoms with Crippen LogP contribution >= 0.6 is 0 Å². The lowest BCUT2D eigenvalue weighted by Crippen LogP contribution is -2.10. The third kappa shape index (κ3) is 8.30. The molecule has 2 aromatic heterocycles. The summed E-state index contributed by atoms with van der Waals surface area (Å²) in [5.74, 6) is 0. The van der Waals surface area contributed by atoms with Crippen LogP contribution in [0.15, 0.2) is 297 Å². The molecular weight excluding hydrogens is 933 g/mol. The Morgan fingerprint density at radius 1 is 0.221 bits per heavy atom. The molecule has 0 aliphatic rings. The second-order valence-corrected chi connectivity index (χ2v) is 19.9. The number of hydrogen-bond acceptors (Lipinski definition) is 2. The van der Waals surface area contributed by atoms with Gasteiger partial charge >= 0.3 is 0 Å². The van der Waals surface area contributed by atoms with Crippen LogP contribution in [0.1, 0.15) is 5.56 Å². The predicted octanol–water partition coefficient (Wildman–Crippen LogP) is 20.1. The molecule has 0 spiro atoms. The molecule has 4 nitrogen and oxygen atoms in total. The van der Waals surface area contributed by atoms with Gasteiger partial charge in [0.15, 0.2) is 0 Å². The number of hydrogen-bond donors (Lipinski definition) is 0. The van der Waals surface area contributed by atoms with Crippen molar-refractivity contribution in [2.75, 3.05) is 9.80 Å². The molecule has 14 rings (SSSR count). The maximum Gasteiger partial charge on any atom is 0.0541 e. The SMILES string of the molecule is Cc1ccc(-c2cc(-c3ccc(N(c4ccccc4)c4ccc(-n5c6ccccc6c6ccccc65)cc4)cc3)cc(-c3ccc(N(c4ccccc4)c4ccc(-n5c6ccccc6c6ccccc65)cc4)cc3)c2)cc1. The Morgan fingerprint density at radius 3 is 0.779 bits per heavy atom. The van der Waals surface area contributed by atoms with E-state index in [9.17, 15) is 0 Å². The third-order valence-corrected chi connectivity index (χ3v) is 15.2. The van der Waals surface area contributed by atoms with E-state index in [1.165, 1.54) is 60.3 Å². The van der Waals surface area contributed by atoms with Crippen molar-refractivity contribution in [3.05, 3.63) is 303 Å². The molecule has 0 unspecified atom stereocenters. The standard InChI is InChI=1S/C73H52N4/c1-51-28-30-52(31-29-51)55-48-56(53-32-36-60(37-33-53)74(58-16-4-2-5-17-58)62-40-44-64(45-41-62)76-70-24-12-8-20-66(70)67-21-9-13-25-71(67)76)50-57(49-55)54-34-38-61(39-35-54)75(59-18-6-3-7-19-59)63-42-46-65(47-43-63)77-72-26-14-10-22-68(72)69-23-11-15-27-73(69)77/h2-50H,1H3. The second kappa shape index (κ2) is 19.3. The molecule has 0 aliphatic heterocycles. The normalized spacial score (nSPS) is 11.4. The molecule has 0 bridgehead atoms. The Labute approximate surface area is 448 Å². The van der Waals surface area contributed by atoms with Crippen molar-refractivity contribution in [1.82, 2.24) is 9.13 Å². The van der Waals surface area contributed by atoms with Gasteiger partial charge in [0, 0.05) is 67.0 Å². The highest BCUT2D eigenvalue weighted by Gasteiger charge is 2.19. The lowest BCUT2D eigenvalue weighted by Gasteiger charge is -2.26. The summed E-state index contributed by atoms with van der Waals surface area (Å²) in [6, 6.07) is 108. The summed E-state index contributed by atoms with van der Waals surface area (Å²) in [5, 5.41) is 5.03. The molecule has 0 radical (unpaired) electrons. The van der Waals surface area contributed by atoms with E-state index in [0.717, 1.165) is 67.8 Å². The van der Waals surface area contributed by atoms with Gasteiger partial charge in [0.25, 0.3) is 0 Å². The molecule has 14 aromatic rings. The number of aryl methyl sites for hydroxylation is 1. The summed E-state index contributed by atoms with van der Waals surface area (Å²) in [6.07, 6.45) is 0. The molecule has 364 valence electrons. The largest absolute Gasteiger partial charge is 0.311 e. The zero-order valence-corrected chi connectivity index (χ0v) is 42.6. The van der Waals surface area contributed by atoms with Crippen LogP contribution in [0.4, 0.5) is 34.1 Å². The lowest BCUT2D eigenvalue weighted by molar-refractivity contribution is 1.17. The quantitative estimate of drug-likeness (QED) is 0.128. The molecule has 0 N–H and O–H groups in total. The molecule has 77 heavy (non-hydrogen) atoms.